The van der Waals surface area contributed by atoms with Crippen LogP contribution in [0.5, 0.6) is 0 Å². The van der Waals surface area contributed by atoms with Gasteiger partial charge in [0, 0.05) is 49.3 Å². The molecule has 290 valence electrons. The van der Waals surface area contributed by atoms with Crippen molar-refractivity contribution in [2.75, 3.05) is 0 Å². The fourth-order valence-electron chi connectivity index (χ4n) is 9.73. The van der Waals surface area contributed by atoms with E-state index in [1.165, 1.54) is 5.39 Å². The third-order valence-electron chi connectivity index (χ3n) is 12.4. The minimum absolute atomic E-state index is 0.779. The molecule has 0 saturated heterocycles. The van der Waals surface area contributed by atoms with E-state index in [9.17, 15) is 0 Å². The summed E-state index contributed by atoms with van der Waals surface area (Å²) in [5, 5.41) is 16.6. The van der Waals surface area contributed by atoms with Gasteiger partial charge in [-0.1, -0.05) is 158 Å². The number of nitrogens with zero attached hydrogens (tertiary/aromatic N) is 5. The molecule has 4 aromatic heterocycles. The monoisotopic (exact) mass is 793 g/mol. The lowest BCUT2D eigenvalue weighted by Gasteiger charge is -2.18. The summed E-state index contributed by atoms with van der Waals surface area (Å²) in [6.45, 7) is 0. The largest absolute Gasteiger partial charge is 0.455 e. The van der Waals surface area contributed by atoms with E-state index in [0.717, 1.165) is 111 Å². The summed E-state index contributed by atoms with van der Waals surface area (Å²) in [5.41, 5.74) is 13.6. The highest BCUT2D eigenvalue weighted by Gasteiger charge is 2.24. The van der Waals surface area contributed by atoms with Gasteiger partial charge in [-0.2, -0.15) is 0 Å². The van der Waals surface area contributed by atoms with E-state index >= 15 is 0 Å². The lowest BCUT2D eigenvalue weighted by Crippen LogP contribution is -2.05. The first-order chi connectivity index (χ1) is 30.8. The maximum Gasteiger partial charge on any atom is 0.168 e. The van der Waals surface area contributed by atoms with Crippen LogP contribution in [0, 0.1) is 0 Å². The Bertz CT molecular complexity index is 3810. The lowest BCUT2D eigenvalue weighted by molar-refractivity contribution is 0.673. The second-order valence-electron chi connectivity index (χ2n) is 15.8. The van der Waals surface area contributed by atoms with Crippen LogP contribution in [0.15, 0.2) is 217 Å². The molecule has 0 N–H and O–H groups in total. The predicted octanol–water partition coefficient (Wildman–Crippen LogP) is 14.4. The molecule has 0 aliphatic carbocycles. The standard InChI is InChI=1S/C56H35N5O/c1-3-17-36(18-4-1)55-57-58-56(37-19-5-2-6-20-37)61(55)50-31-16-27-43-41-24-8-12-29-47(41)60(53(43)50)46-28-11-7-23-40(46)38-21-15-22-39(35-38)59-48-30-13-9-26-45(48)52-49(59)34-33-44-42-25-10-14-32-51(42)62-54(44)52/h1-35H. The van der Waals surface area contributed by atoms with Crippen molar-refractivity contribution in [3.8, 4) is 51.0 Å². The van der Waals surface area contributed by atoms with Crippen LogP contribution < -0.4 is 0 Å². The molecule has 9 aromatic carbocycles. The second kappa shape index (κ2) is 13.5. The Morgan fingerprint density at radius 2 is 0.935 bits per heavy atom. The van der Waals surface area contributed by atoms with Crippen molar-refractivity contribution >= 4 is 65.6 Å². The zero-order valence-corrected chi connectivity index (χ0v) is 33.4. The first-order valence-corrected chi connectivity index (χ1v) is 20.9. The first kappa shape index (κ1) is 34.4. The molecule has 0 unspecified atom stereocenters. The minimum Gasteiger partial charge on any atom is -0.455 e. The molecule has 6 nitrogen and oxygen atoms in total. The number of benzene rings is 9. The number of hydrogen-bond donors (Lipinski definition) is 0. The molecular formula is C56H35N5O. The van der Waals surface area contributed by atoms with Gasteiger partial charge in [0.2, 0.25) is 0 Å². The van der Waals surface area contributed by atoms with Gasteiger partial charge in [-0.3, -0.25) is 4.57 Å². The minimum atomic E-state index is 0.779. The zero-order valence-electron chi connectivity index (χ0n) is 33.4. The van der Waals surface area contributed by atoms with Crippen LogP contribution in [0.1, 0.15) is 0 Å². The summed E-state index contributed by atoms with van der Waals surface area (Å²) >= 11 is 0. The SMILES string of the molecule is c1ccc(-c2nnc(-c3ccccc3)n2-c2cccc3c4ccccc4n(-c4ccccc4-c4cccc(-n5c6ccccc6c6c7oc8ccccc8c7ccc65)c4)c23)cc1. The maximum atomic E-state index is 6.62. The Morgan fingerprint density at radius 3 is 1.71 bits per heavy atom. The molecule has 62 heavy (non-hydrogen) atoms. The Balaban J connectivity index is 1.06. The molecule has 0 bridgehead atoms. The molecule has 0 aliphatic rings. The number of rotatable bonds is 6. The third kappa shape index (κ3) is 5.04. The number of hydrogen-bond acceptors (Lipinski definition) is 3. The first-order valence-electron chi connectivity index (χ1n) is 20.9. The Kier molecular flexibility index (Phi) is 7.50. The summed E-state index contributed by atoms with van der Waals surface area (Å²) in [6, 6.07) is 75.1. The highest BCUT2D eigenvalue weighted by atomic mass is 16.3. The number of furan rings is 1. The quantitative estimate of drug-likeness (QED) is 0.168. The van der Waals surface area contributed by atoms with Crippen LogP contribution >= 0.6 is 0 Å². The molecule has 0 atom stereocenters. The Hall–Kier alpha value is -8.48. The molecule has 13 aromatic rings. The highest BCUT2D eigenvalue weighted by molar-refractivity contribution is 6.24. The van der Waals surface area contributed by atoms with Crippen molar-refractivity contribution in [2.24, 2.45) is 0 Å². The van der Waals surface area contributed by atoms with E-state index in [4.69, 9.17) is 14.6 Å². The van der Waals surface area contributed by atoms with Gasteiger partial charge in [0.1, 0.15) is 11.2 Å². The molecule has 0 spiro atoms. The van der Waals surface area contributed by atoms with Crippen molar-refractivity contribution in [3.05, 3.63) is 212 Å². The van der Waals surface area contributed by atoms with Crippen LogP contribution in [-0.4, -0.2) is 23.9 Å². The number of fused-ring (bicyclic) bond motifs is 10. The van der Waals surface area contributed by atoms with Gasteiger partial charge in [0.15, 0.2) is 11.6 Å². The fraction of sp³-hybridized carbons (Fsp3) is 0. The van der Waals surface area contributed by atoms with Crippen molar-refractivity contribution in [1.82, 2.24) is 23.9 Å². The van der Waals surface area contributed by atoms with E-state index in [1.807, 2.05) is 18.2 Å². The predicted molar refractivity (Wildman–Crippen MR) is 254 cm³/mol. The molecular weight excluding hydrogens is 759 g/mol. The summed E-state index contributed by atoms with van der Waals surface area (Å²) in [6.07, 6.45) is 0. The molecule has 0 aliphatic heterocycles. The van der Waals surface area contributed by atoms with Crippen LogP contribution in [0.25, 0.3) is 117 Å². The van der Waals surface area contributed by atoms with Crippen molar-refractivity contribution in [1.29, 1.82) is 0 Å². The smallest absolute Gasteiger partial charge is 0.168 e. The summed E-state index contributed by atoms with van der Waals surface area (Å²) < 4.78 is 13.7. The zero-order chi connectivity index (χ0) is 40.7. The molecule has 0 fully saturated rings. The molecule has 0 saturated carbocycles. The second-order valence-corrected chi connectivity index (χ2v) is 15.8. The third-order valence-corrected chi connectivity index (χ3v) is 12.4. The molecule has 0 radical (unpaired) electrons. The van der Waals surface area contributed by atoms with E-state index in [2.05, 4.69) is 208 Å². The van der Waals surface area contributed by atoms with Gasteiger partial charge in [0.05, 0.1) is 38.8 Å². The number of aromatic nitrogens is 5. The van der Waals surface area contributed by atoms with Gasteiger partial charge >= 0.3 is 0 Å². The summed E-state index contributed by atoms with van der Waals surface area (Å²) in [4.78, 5) is 0. The van der Waals surface area contributed by atoms with Crippen LogP contribution in [0.2, 0.25) is 0 Å². The van der Waals surface area contributed by atoms with Gasteiger partial charge < -0.3 is 13.6 Å². The molecule has 13 rings (SSSR count). The number of para-hydroxylation sites is 5. The van der Waals surface area contributed by atoms with E-state index in [1.54, 1.807) is 0 Å². The fourth-order valence-corrected chi connectivity index (χ4v) is 9.73. The van der Waals surface area contributed by atoms with Gasteiger partial charge in [-0.25, -0.2) is 0 Å². The van der Waals surface area contributed by atoms with Crippen molar-refractivity contribution in [3.63, 3.8) is 0 Å². The van der Waals surface area contributed by atoms with Crippen molar-refractivity contribution < 1.29 is 4.42 Å². The van der Waals surface area contributed by atoms with E-state index < -0.39 is 0 Å². The molecule has 0 amide bonds. The average molecular weight is 794 g/mol. The Labute approximate surface area is 355 Å². The Morgan fingerprint density at radius 1 is 0.355 bits per heavy atom. The van der Waals surface area contributed by atoms with Gasteiger partial charge in [-0.05, 0) is 60.2 Å². The van der Waals surface area contributed by atoms with Gasteiger partial charge in [-0.15, -0.1) is 10.2 Å². The van der Waals surface area contributed by atoms with Crippen LogP contribution in [-0.2, 0) is 0 Å². The molecule has 6 heteroatoms. The highest BCUT2D eigenvalue weighted by Crippen LogP contribution is 2.43. The van der Waals surface area contributed by atoms with E-state index in [0.29, 0.717) is 0 Å². The van der Waals surface area contributed by atoms with E-state index in [-0.39, 0.29) is 0 Å². The van der Waals surface area contributed by atoms with Gasteiger partial charge in [0.25, 0.3) is 0 Å². The van der Waals surface area contributed by atoms with Crippen LogP contribution in [0.4, 0.5) is 0 Å². The topological polar surface area (TPSA) is 53.7 Å². The normalized spacial score (nSPS) is 11.9. The average Bonchev–Trinajstić information content (AvgIpc) is 4.12. The van der Waals surface area contributed by atoms with Crippen LogP contribution in [0.3, 0.4) is 0 Å². The lowest BCUT2D eigenvalue weighted by atomic mass is 10.0. The maximum absolute atomic E-state index is 6.62. The van der Waals surface area contributed by atoms with Crippen molar-refractivity contribution in [2.45, 2.75) is 0 Å². The molecule has 4 heterocycles. The summed E-state index contributed by atoms with van der Waals surface area (Å²) in [7, 11) is 0. The summed E-state index contributed by atoms with van der Waals surface area (Å²) in [5.74, 6) is 1.56.